The van der Waals surface area contributed by atoms with Gasteiger partial charge in [-0.05, 0) is 43.4 Å². The van der Waals surface area contributed by atoms with Gasteiger partial charge in [0.05, 0.1) is 17.3 Å². The molecule has 0 bridgehead atoms. The Labute approximate surface area is 214 Å². The van der Waals surface area contributed by atoms with Crippen molar-refractivity contribution in [2.45, 2.75) is 69.5 Å². The zero-order valence-corrected chi connectivity index (χ0v) is 22.0. The number of rotatable bonds is 7. The number of fused-ring (bicyclic) bond motifs is 1. The minimum Gasteiger partial charge on any atom is -0.293 e. The molecular formula is C28H38N4O3S. The molecule has 1 aliphatic carbocycles. The SMILES string of the molecule is CS(=O)(=O)NCCn1c(=O)n(C2CCN(C3(c4ccccc4)CCCCCC3)CC2)c2ccccc21. The van der Waals surface area contributed by atoms with E-state index in [1.54, 1.807) is 4.57 Å². The van der Waals surface area contributed by atoms with E-state index in [1.807, 2.05) is 28.8 Å². The fourth-order valence-corrected chi connectivity index (χ4v) is 7.01. The van der Waals surface area contributed by atoms with Crippen LogP contribution in [0.3, 0.4) is 0 Å². The normalized spacial score (nSPS) is 19.9. The summed E-state index contributed by atoms with van der Waals surface area (Å²) in [7, 11) is -3.30. The van der Waals surface area contributed by atoms with Gasteiger partial charge in [0.25, 0.3) is 0 Å². The van der Waals surface area contributed by atoms with Crippen LogP contribution in [-0.4, -0.2) is 48.3 Å². The summed E-state index contributed by atoms with van der Waals surface area (Å²) in [6.45, 7) is 2.46. The number of nitrogens with one attached hydrogen (secondary N) is 1. The molecule has 0 atom stereocenters. The lowest BCUT2D eigenvalue weighted by Gasteiger charge is -2.47. The second kappa shape index (κ2) is 10.5. The molecule has 8 heteroatoms. The summed E-state index contributed by atoms with van der Waals surface area (Å²) >= 11 is 0. The summed E-state index contributed by atoms with van der Waals surface area (Å²) in [6.07, 6.45) is 10.6. The molecule has 1 saturated heterocycles. The van der Waals surface area contributed by atoms with E-state index in [1.165, 1.54) is 44.1 Å². The predicted octanol–water partition coefficient (Wildman–Crippen LogP) is 4.24. The fourth-order valence-electron chi connectivity index (χ4n) is 6.55. The highest BCUT2D eigenvalue weighted by Crippen LogP contribution is 2.43. The van der Waals surface area contributed by atoms with Crippen LogP contribution in [0.2, 0.25) is 0 Å². The number of nitrogens with zero attached hydrogens (tertiary/aromatic N) is 3. The molecule has 1 aliphatic heterocycles. The van der Waals surface area contributed by atoms with Crippen molar-refractivity contribution in [3.05, 3.63) is 70.6 Å². The molecule has 1 aromatic heterocycles. The van der Waals surface area contributed by atoms with Crippen LogP contribution >= 0.6 is 0 Å². The molecule has 2 aliphatic rings. The monoisotopic (exact) mass is 510 g/mol. The van der Waals surface area contributed by atoms with Gasteiger partial charge in [0.2, 0.25) is 10.0 Å². The summed E-state index contributed by atoms with van der Waals surface area (Å²) in [6, 6.07) is 19.1. The lowest BCUT2D eigenvalue weighted by atomic mass is 9.79. The predicted molar refractivity (Wildman–Crippen MR) is 145 cm³/mol. The van der Waals surface area contributed by atoms with Gasteiger partial charge in [-0.2, -0.15) is 0 Å². The van der Waals surface area contributed by atoms with E-state index < -0.39 is 10.0 Å². The van der Waals surface area contributed by atoms with Gasteiger partial charge >= 0.3 is 5.69 Å². The Kier molecular flexibility index (Phi) is 7.37. The Morgan fingerprint density at radius 1 is 0.889 bits per heavy atom. The summed E-state index contributed by atoms with van der Waals surface area (Å²) in [4.78, 5) is 16.3. The van der Waals surface area contributed by atoms with Crippen LogP contribution in [-0.2, 0) is 22.1 Å². The van der Waals surface area contributed by atoms with Crippen molar-refractivity contribution in [2.24, 2.45) is 0 Å². The van der Waals surface area contributed by atoms with Gasteiger partial charge in [-0.1, -0.05) is 68.1 Å². The zero-order chi connectivity index (χ0) is 25.2. The average molecular weight is 511 g/mol. The Morgan fingerprint density at radius 3 is 2.14 bits per heavy atom. The molecule has 2 fully saturated rings. The first-order chi connectivity index (χ1) is 17.4. The van der Waals surface area contributed by atoms with Gasteiger partial charge in [-0.15, -0.1) is 0 Å². The molecule has 0 spiro atoms. The number of piperidine rings is 1. The quantitative estimate of drug-likeness (QED) is 0.483. The van der Waals surface area contributed by atoms with Crippen LogP contribution in [0.5, 0.6) is 0 Å². The third-order valence-electron chi connectivity index (χ3n) is 8.25. The molecule has 7 nitrogen and oxygen atoms in total. The van der Waals surface area contributed by atoms with Crippen molar-refractivity contribution in [1.29, 1.82) is 0 Å². The Balaban J connectivity index is 1.40. The number of imidazole rings is 1. The Morgan fingerprint density at radius 2 is 1.50 bits per heavy atom. The second-order valence-electron chi connectivity index (χ2n) is 10.5. The molecule has 194 valence electrons. The number of hydrogen-bond donors (Lipinski definition) is 1. The summed E-state index contributed by atoms with van der Waals surface area (Å²) in [5.74, 6) is 0. The number of hydrogen-bond acceptors (Lipinski definition) is 4. The highest BCUT2D eigenvalue weighted by molar-refractivity contribution is 7.88. The fraction of sp³-hybridized carbons (Fsp3) is 0.536. The van der Waals surface area contributed by atoms with E-state index >= 15 is 0 Å². The van der Waals surface area contributed by atoms with Gasteiger partial charge in [-0.25, -0.2) is 17.9 Å². The van der Waals surface area contributed by atoms with E-state index in [0.717, 1.165) is 43.2 Å². The first kappa shape index (κ1) is 25.2. The summed E-state index contributed by atoms with van der Waals surface area (Å²) < 4.78 is 29.3. The van der Waals surface area contributed by atoms with E-state index in [2.05, 4.69) is 40.0 Å². The first-order valence-corrected chi connectivity index (χ1v) is 15.2. The molecule has 0 amide bonds. The Bertz CT molecular complexity index is 1330. The summed E-state index contributed by atoms with van der Waals surface area (Å²) in [5, 5.41) is 0. The van der Waals surface area contributed by atoms with Gasteiger partial charge in [0.1, 0.15) is 0 Å². The van der Waals surface area contributed by atoms with Crippen molar-refractivity contribution in [3.63, 3.8) is 0 Å². The number of benzene rings is 2. The third kappa shape index (κ3) is 5.04. The molecular weight excluding hydrogens is 472 g/mol. The molecule has 36 heavy (non-hydrogen) atoms. The standard InChI is InChI=1S/C28H38N4O3S/c1-36(34,35)29-19-22-31-25-13-7-8-14-26(25)32(27(31)33)24-15-20-30(21-16-24)28(17-9-2-3-10-18-28)23-11-5-4-6-12-23/h4-8,11-14,24,29H,2-3,9-10,15-22H2,1H3. The highest BCUT2D eigenvalue weighted by Gasteiger charge is 2.40. The van der Waals surface area contributed by atoms with Crippen molar-refractivity contribution >= 4 is 21.1 Å². The van der Waals surface area contributed by atoms with Gasteiger partial charge in [0.15, 0.2) is 0 Å². The number of para-hydroxylation sites is 2. The lowest BCUT2D eigenvalue weighted by Crippen LogP contribution is -2.50. The van der Waals surface area contributed by atoms with E-state index in [4.69, 9.17) is 0 Å². The minimum absolute atomic E-state index is 0.0443. The van der Waals surface area contributed by atoms with Crippen molar-refractivity contribution in [2.75, 3.05) is 25.9 Å². The number of likely N-dealkylation sites (tertiary alicyclic amines) is 1. The first-order valence-electron chi connectivity index (χ1n) is 13.3. The van der Waals surface area contributed by atoms with E-state index in [0.29, 0.717) is 6.54 Å². The van der Waals surface area contributed by atoms with Gasteiger partial charge in [-0.3, -0.25) is 14.0 Å². The third-order valence-corrected chi connectivity index (χ3v) is 8.97. The second-order valence-corrected chi connectivity index (χ2v) is 12.3. The lowest BCUT2D eigenvalue weighted by molar-refractivity contribution is 0.0354. The molecule has 3 aromatic rings. The van der Waals surface area contributed by atoms with Crippen LogP contribution in [0.1, 0.15) is 63.0 Å². The van der Waals surface area contributed by atoms with Gasteiger partial charge < -0.3 is 0 Å². The molecule has 2 heterocycles. The highest BCUT2D eigenvalue weighted by atomic mass is 32.2. The molecule has 0 unspecified atom stereocenters. The minimum atomic E-state index is -3.30. The van der Waals surface area contributed by atoms with Crippen LogP contribution in [0, 0.1) is 0 Å². The molecule has 0 radical (unpaired) electrons. The maximum Gasteiger partial charge on any atom is 0.329 e. The maximum absolute atomic E-state index is 13.6. The summed E-state index contributed by atoms with van der Waals surface area (Å²) in [5.41, 5.74) is 3.30. The van der Waals surface area contributed by atoms with Gasteiger partial charge in [0, 0.05) is 37.8 Å². The zero-order valence-electron chi connectivity index (χ0n) is 21.2. The smallest absolute Gasteiger partial charge is 0.293 e. The van der Waals surface area contributed by atoms with E-state index in [9.17, 15) is 13.2 Å². The van der Waals surface area contributed by atoms with Crippen LogP contribution in [0.15, 0.2) is 59.4 Å². The van der Waals surface area contributed by atoms with E-state index in [-0.39, 0.29) is 23.8 Å². The van der Waals surface area contributed by atoms with Crippen LogP contribution in [0.4, 0.5) is 0 Å². The van der Waals surface area contributed by atoms with Crippen molar-refractivity contribution in [1.82, 2.24) is 18.8 Å². The molecule has 1 N–H and O–H groups in total. The molecule has 1 saturated carbocycles. The van der Waals surface area contributed by atoms with Crippen LogP contribution in [0.25, 0.3) is 11.0 Å². The average Bonchev–Trinajstić information content (AvgIpc) is 3.02. The number of aromatic nitrogens is 2. The molecule has 5 rings (SSSR count). The topological polar surface area (TPSA) is 76.3 Å². The maximum atomic E-state index is 13.6. The Hall–Kier alpha value is -2.42. The molecule has 2 aromatic carbocycles. The van der Waals surface area contributed by atoms with Crippen LogP contribution < -0.4 is 10.4 Å². The van der Waals surface area contributed by atoms with Crippen molar-refractivity contribution < 1.29 is 8.42 Å². The largest absolute Gasteiger partial charge is 0.329 e. The number of sulfonamides is 1. The van der Waals surface area contributed by atoms with Crippen molar-refractivity contribution in [3.8, 4) is 0 Å².